The lowest BCUT2D eigenvalue weighted by Crippen LogP contribution is -2.48. The number of hydrogen-bond donors (Lipinski definition) is 4. The second-order valence-corrected chi connectivity index (χ2v) is 22.8. The average molecular weight is 1040 g/mol. The van der Waals surface area contributed by atoms with Gasteiger partial charge in [-0.15, -0.1) is 0 Å². The number of nitrogens with one attached hydrogen (secondary N) is 3. The number of carboxylic acid groups (broad SMARTS) is 1. The molecule has 5 aliphatic rings. The number of aromatic nitrogens is 2. The zero-order valence-electron chi connectivity index (χ0n) is 40.6. The molecule has 3 saturated heterocycles. The third-order valence-electron chi connectivity index (χ3n) is 15.3. The molecule has 3 aromatic carbocycles. The molecule has 0 spiro atoms. The normalized spacial score (nSPS) is 22.0. The molecule has 10 rings (SSSR count). The molecule has 3 atom stereocenters. The molecule has 0 saturated carbocycles. The Hall–Kier alpha value is -6.35. The van der Waals surface area contributed by atoms with Crippen LogP contribution in [-0.4, -0.2) is 127 Å². The molecule has 6 heterocycles. The number of ether oxygens (including phenoxy) is 1. The van der Waals surface area contributed by atoms with Crippen molar-refractivity contribution in [1.82, 2.24) is 24.5 Å². The first-order chi connectivity index (χ1) is 34.8. The van der Waals surface area contributed by atoms with Crippen molar-refractivity contribution in [2.24, 2.45) is 11.3 Å². The predicted molar refractivity (Wildman–Crippen MR) is 275 cm³/mol. The number of carbonyl (C=O) groups is 2. The Morgan fingerprint density at radius 1 is 1.00 bits per heavy atom. The number of benzene rings is 3. The first-order valence-corrected chi connectivity index (χ1v) is 26.6. The standard InChI is InChI=1S/C52H58ClF2N9O8S/c1-51(2)13-11-35(41(30-51)33-3-5-36(53)6-4-33)31-60-17-19-61(20-18-60)37-7-9-40(43(27-37)63-21-22-72-50-45(63)26-34-12-14-57-48(34)58-50)49(67)59-73(70,71)39-8-10-42(44(28-39)64(68)69)56-15-16-62-38-23-32(25-47(65)66)24-46(62)52(54,55)29-38/h3-10,12,14,26-28,32,38,46,56H,11,13,15-25,29-31H2,1-2H3,(H,57,58)(H,59,67)(H,65,66)/t32-,38?,46?/m0/s1. The van der Waals surface area contributed by atoms with E-state index in [1.165, 1.54) is 22.8 Å². The van der Waals surface area contributed by atoms with Gasteiger partial charge in [-0.3, -0.25) is 29.5 Å². The number of H-pyrrole nitrogens is 1. The zero-order chi connectivity index (χ0) is 51.4. The van der Waals surface area contributed by atoms with Gasteiger partial charge in [0.05, 0.1) is 33.7 Å². The topological polar surface area (TPSA) is 207 Å². The van der Waals surface area contributed by atoms with Crippen LogP contribution in [0.25, 0.3) is 16.6 Å². The first-order valence-electron chi connectivity index (χ1n) is 24.7. The van der Waals surface area contributed by atoms with Crippen LogP contribution in [0.15, 0.2) is 89.5 Å². The van der Waals surface area contributed by atoms with E-state index in [0.717, 1.165) is 62.1 Å². The molecule has 21 heteroatoms. The van der Waals surface area contributed by atoms with Gasteiger partial charge in [0.1, 0.15) is 23.6 Å². The molecule has 5 aromatic rings. The fourth-order valence-corrected chi connectivity index (χ4v) is 12.7. The number of aromatic amines is 1. The third-order valence-corrected chi connectivity index (χ3v) is 16.8. The molecular formula is C52H58ClF2N9O8S. The second kappa shape index (κ2) is 19.8. The van der Waals surface area contributed by atoms with E-state index in [1.807, 2.05) is 35.2 Å². The number of nitrogens with zero attached hydrogens (tertiary/aromatic N) is 6. The lowest BCUT2D eigenvalue weighted by molar-refractivity contribution is -0.384. The van der Waals surface area contributed by atoms with Crippen molar-refractivity contribution < 1.29 is 41.6 Å². The largest absolute Gasteiger partial charge is 0.481 e. The predicted octanol–water partition coefficient (Wildman–Crippen LogP) is 8.93. The van der Waals surface area contributed by atoms with Crippen molar-refractivity contribution in [2.45, 2.75) is 81.7 Å². The number of hydrogen-bond acceptors (Lipinski definition) is 13. The maximum absolute atomic E-state index is 15.0. The van der Waals surface area contributed by atoms with Gasteiger partial charge < -0.3 is 29.9 Å². The summed E-state index contributed by atoms with van der Waals surface area (Å²) in [6.45, 7) is 9.14. The van der Waals surface area contributed by atoms with Crippen molar-refractivity contribution in [2.75, 3.05) is 74.1 Å². The Morgan fingerprint density at radius 2 is 1.78 bits per heavy atom. The van der Waals surface area contributed by atoms with E-state index in [9.17, 15) is 42.0 Å². The number of pyridine rings is 1. The SMILES string of the molecule is CC1(C)CCC(CN2CCN(c3ccc(C(=O)NS(=O)(=O)c4ccc(NCCN5C6C[C@H](CC(=O)O)CC5C(F)(F)C6)c([N+](=O)[O-])c4)c(N4CCOc5nc6[nH]ccc6cc54)c3)CC2)=C(c2ccc(Cl)cc2)C1. The number of nitro benzene ring substituents is 1. The summed E-state index contributed by atoms with van der Waals surface area (Å²) in [4.78, 5) is 52.9. The molecule has 1 aliphatic carbocycles. The summed E-state index contributed by atoms with van der Waals surface area (Å²) in [7, 11) is -4.71. The number of allylic oxidation sites excluding steroid dienone is 1. The molecule has 4 N–H and O–H groups in total. The molecule has 1 amide bonds. The van der Waals surface area contributed by atoms with E-state index in [1.54, 1.807) is 23.2 Å². The number of carboxylic acids is 1. The van der Waals surface area contributed by atoms with Gasteiger partial charge in [-0.25, -0.2) is 21.9 Å². The summed E-state index contributed by atoms with van der Waals surface area (Å²) in [5, 5.41) is 26.1. The van der Waals surface area contributed by atoms with Crippen molar-refractivity contribution in [3.63, 3.8) is 0 Å². The van der Waals surface area contributed by atoms with Crippen LogP contribution < -0.4 is 24.6 Å². The lowest BCUT2D eigenvalue weighted by Gasteiger charge is -2.39. The number of amides is 1. The van der Waals surface area contributed by atoms with Gasteiger partial charge in [0.25, 0.3) is 27.5 Å². The first kappa shape index (κ1) is 50.2. The smallest absolute Gasteiger partial charge is 0.303 e. The number of fused-ring (bicyclic) bond motifs is 4. The fraction of sp³-hybridized carbons (Fsp3) is 0.442. The minimum Gasteiger partial charge on any atom is -0.481 e. The van der Waals surface area contributed by atoms with E-state index < -0.39 is 61.8 Å². The van der Waals surface area contributed by atoms with Gasteiger partial charge in [0, 0.05) is 93.1 Å². The minimum absolute atomic E-state index is 0.0173. The highest BCUT2D eigenvalue weighted by molar-refractivity contribution is 7.90. The summed E-state index contributed by atoms with van der Waals surface area (Å²) in [5.74, 6) is -5.03. The third kappa shape index (κ3) is 10.6. The molecule has 17 nitrogen and oxygen atoms in total. The fourth-order valence-electron chi connectivity index (χ4n) is 11.6. The summed E-state index contributed by atoms with van der Waals surface area (Å²) in [5.41, 5.74) is 6.10. The Kier molecular flexibility index (Phi) is 13.6. The molecule has 2 aromatic heterocycles. The number of piperazine rings is 1. The molecule has 2 unspecified atom stereocenters. The average Bonchev–Trinajstić information content (AvgIpc) is 3.86. The van der Waals surface area contributed by atoms with Gasteiger partial charge >= 0.3 is 5.97 Å². The monoisotopic (exact) mass is 1040 g/mol. The number of piperidine rings is 1. The van der Waals surface area contributed by atoms with E-state index in [4.69, 9.17) is 16.3 Å². The highest BCUT2D eigenvalue weighted by atomic mass is 35.5. The van der Waals surface area contributed by atoms with Crippen molar-refractivity contribution in [1.29, 1.82) is 0 Å². The van der Waals surface area contributed by atoms with Crippen molar-refractivity contribution in [3.8, 4) is 5.88 Å². The quantitative estimate of drug-likeness (QED) is 0.0571. The molecule has 386 valence electrons. The highest BCUT2D eigenvalue weighted by Gasteiger charge is 2.57. The van der Waals surface area contributed by atoms with Crippen LogP contribution in [0, 0.1) is 21.4 Å². The van der Waals surface area contributed by atoms with Gasteiger partial charge in [-0.1, -0.05) is 43.2 Å². The van der Waals surface area contributed by atoms with Crippen LogP contribution in [0.4, 0.5) is 37.2 Å². The Bertz CT molecular complexity index is 3110. The van der Waals surface area contributed by atoms with Gasteiger partial charge in [-0.05, 0) is 109 Å². The van der Waals surface area contributed by atoms with Crippen LogP contribution in [0.5, 0.6) is 5.88 Å². The van der Waals surface area contributed by atoms with Crippen LogP contribution in [0.3, 0.4) is 0 Å². The molecule has 73 heavy (non-hydrogen) atoms. The number of halogens is 3. The number of anilines is 4. The Morgan fingerprint density at radius 3 is 2.52 bits per heavy atom. The molecule has 4 aliphatic heterocycles. The number of carbonyl (C=O) groups excluding carboxylic acids is 1. The summed E-state index contributed by atoms with van der Waals surface area (Å²) in [6.07, 6.45) is 4.63. The highest BCUT2D eigenvalue weighted by Crippen LogP contribution is 2.49. The maximum atomic E-state index is 15.0. The van der Waals surface area contributed by atoms with Crippen LogP contribution in [0.1, 0.15) is 74.7 Å². The van der Waals surface area contributed by atoms with Crippen molar-refractivity contribution >= 4 is 78.5 Å². The molecule has 0 radical (unpaired) electrons. The molecule has 2 bridgehead atoms. The zero-order valence-corrected chi connectivity index (χ0v) is 42.2. The van der Waals surface area contributed by atoms with Crippen LogP contribution in [-0.2, 0) is 14.8 Å². The number of rotatable bonds is 15. The summed E-state index contributed by atoms with van der Waals surface area (Å²) < 4.78 is 66.2. The Balaban J connectivity index is 0.871. The number of alkyl halides is 2. The second-order valence-electron chi connectivity index (χ2n) is 20.7. The van der Waals surface area contributed by atoms with Crippen molar-refractivity contribution in [3.05, 3.63) is 111 Å². The van der Waals surface area contributed by atoms with Crippen LogP contribution >= 0.6 is 11.6 Å². The molecular weight excluding hydrogens is 984 g/mol. The van der Waals surface area contributed by atoms with Crippen LogP contribution in [0.2, 0.25) is 5.02 Å². The van der Waals surface area contributed by atoms with E-state index in [2.05, 4.69) is 55.8 Å². The van der Waals surface area contributed by atoms with E-state index in [0.29, 0.717) is 54.0 Å². The number of aliphatic carboxylic acids is 1. The summed E-state index contributed by atoms with van der Waals surface area (Å²) >= 11 is 6.27. The Labute approximate surface area is 426 Å². The van der Waals surface area contributed by atoms with E-state index >= 15 is 0 Å². The minimum atomic E-state index is -4.71. The van der Waals surface area contributed by atoms with E-state index in [-0.39, 0.29) is 55.1 Å². The van der Waals surface area contributed by atoms with Gasteiger partial charge in [0.15, 0.2) is 0 Å². The maximum Gasteiger partial charge on any atom is 0.303 e. The number of sulfonamides is 1. The molecule has 3 fully saturated rings. The summed E-state index contributed by atoms with van der Waals surface area (Å²) in [6, 6.07) is 18.7. The lowest BCUT2D eigenvalue weighted by atomic mass is 9.72. The number of nitro groups is 1. The van der Waals surface area contributed by atoms with Gasteiger partial charge in [-0.2, -0.15) is 4.98 Å². The van der Waals surface area contributed by atoms with Gasteiger partial charge in [0.2, 0.25) is 5.88 Å².